The Kier molecular flexibility index (Phi) is 6.30. The number of nitrogens with one attached hydrogen (secondary N) is 1. The summed E-state index contributed by atoms with van der Waals surface area (Å²) in [5, 5.41) is 14.0. The molecule has 0 aliphatic heterocycles. The molecule has 2 N–H and O–H groups in total. The van der Waals surface area contributed by atoms with Gasteiger partial charge in [-0.3, -0.25) is 0 Å². The second kappa shape index (κ2) is 7.99. The first-order chi connectivity index (χ1) is 9.65. The van der Waals surface area contributed by atoms with E-state index in [4.69, 9.17) is 16.3 Å². The van der Waals surface area contributed by atoms with Gasteiger partial charge >= 0.3 is 0 Å². The number of aliphatic hydroxyl groups excluding tert-OH is 1. The van der Waals surface area contributed by atoms with Gasteiger partial charge in [-0.2, -0.15) is 0 Å². The van der Waals surface area contributed by atoms with Gasteiger partial charge in [-0.05, 0) is 37.5 Å². The second-order valence-electron chi connectivity index (χ2n) is 5.58. The summed E-state index contributed by atoms with van der Waals surface area (Å²) >= 11 is 5.87. The normalized spacial score (nSPS) is 19.1. The van der Waals surface area contributed by atoms with E-state index in [0.717, 1.165) is 17.9 Å². The van der Waals surface area contributed by atoms with Crippen molar-refractivity contribution in [1.82, 2.24) is 5.32 Å². The van der Waals surface area contributed by atoms with E-state index in [1.807, 2.05) is 24.3 Å². The fourth-order valence-corrected chi connectivity index (χ4v) is 2.67. The van der Waals surface area contributed by atoms with Crippen LogP contribution in [0.1, 0.15) is 44.2 Å². The van der Waals surface area contributed by atoms with E-state index in [0.29, 0.717) is 19.3 Å². The summed E-state index contributed by atoms with van der Waals surface area (Å²) in [6.45, 7) is 3.04. The standard InChI is InChI=1S/C16H24ClNO2/c1-12(13-6-8-14(17)9-7-13)18-10-15(19)11-20-16-4-2-3-5-16/h6-9,12,15-16,18-19H,2-5,10-11H2,1H3/t12-,15?/m1/s1. The molecule has 0 amide bonds. The van der Waals surface area contributed by atoms with Gasteiger partial charge in [0.1, 0.15) is 0 Å². The lowest BCUT2D eigenvalue weighted by atomic mass is 10.1. The molecule has 1 aromatic carbocycles. The molecule has 0 heterocycles. The van der Waals surface area contributed by atoms with Crippen LogP contribution in [0.2, 0.25) is 5.02 Å². The Balaban J connectivity index is 1.66. The van der Waals surface area contributed by atoms with Gasteiger partial charge in [0.2, 0.25) is 0 Å². The summed E-state index contributed by atoms with van der Waals surface area (Å²) in [6.07, 6.45) is 4.70. The van der Waals surface area contributed by atoms with Crippen molar-refractivity contribution < 1.29 is 9.84 Å². The van der Waals surface area contributed by atoms with E-state index in [1.54, 1.807) is 0 Å². The van der Waals surface area contributed by atoms with Crippen molar-refractivity contribution in [2.45, 2.75) is 50.9 Å². The van der Waals surface area contributed by atoms with Crippen molar-refractivity contribution in [3.63, 3.8) is 0 Å². The minimum absolute atomic E-state index is 0.188. The van der Waals surface area contributed by atoms with Gasteiger partial charge in [-0.15, -0.1) is 0 Å². The number of rotatable bonds is 7. The number of hydrogen-bond acceptors (Lipinski definition) is 3. The lowest BCUT2D eigenvalue weighted by Gasteiger charge is -2.19. The fourth-order valence-electron chi connectivity index (χ4n) is 2.54. The number of aliphatic hydroxyl groups is 1. The molecule has 0 spiro atoms. The zero-order valence-corrected chi connectivity index (χ0v) is 12.8. The van der Waals surface area contributed by atoms with E-state index < -0.39 is 6.10 Å². The Morgan fingerprint density at radius 3 is 2.60 bits per heavy atom. The largest absolute Gasteiger partial charge is 0.389 e. The van der Waals surface area contributed by atoms with Gasteiger partial charge in [-0.25, -0.2) is 0 Å². The lowest BCUT2D eigenvalue weighted by molar-refractivity contribution is -0.00610. The molecule has 3 nitrogen and oxygen atoms in total. The van der Waals surface area contributed by atoms with Gasteiger partial charge in [0.05, 0.1) is 18.8 Å². The van der Waals surface area contributed by atoms with Crippen molar-refractivity contribution in [2.75, 3.05) is 13.2 Å². The van der Waals surface area contributed by atoms with E-state index in [2.05, 4.69) is 12.2 Å². The summed E-state index contributed by atoms with van der Waals surface area (Å²) in [6, 6.07) is 7.96. The van der Waals surface area contributed by atoms with Gasteiger partial charge in [0.15, 0.2) is 0 Å². The number of halogens is 1. The molecule has 0 bridgehead atoms. The van der Waals surface area contributed by atoms with Gasteiger partial charge in [0.25, 0.3) is 0 Å². The topological polar surface area (TPSA) is 41.5 Å². The summed E-state index contributed by atoms with van der Waals surface area (Å²) < 4.78 is 5.71. The summed E-state index contributed by atoms with van der Waals surface area (Å²) in [7, 11) is 0. The highest BCUT2D eigenvalue weighted by atomic mass is 35.5. The number of benzene rings is 1. The van der Waals surface area contributed by atoms with E-state index >= 15 is 0 Å². The minimum Gasteiger partial charge on any atom is -0.389 e. The summed E-state index contributed by atoms with van der Waals surface area (Å²) in [4.78, 5) is 0. The Bertz CT molecular complexity index is 390. The molecule has 1 aliphatic carbocycles. The van der Waals surface area contributed by atoms with Gasteiger partial charge in [-0.1, -0.05) is 36.6 Å². The third kappa shape index (κ3) is 5.06. The first-order valence-electron chi connectivity index (χ1n) is 7.43. The SMILES string of the molecule is C[C@@H](NCC(O)COC1CCCC1)c1ccc(Cl)cc1. The molecule has 0 aromatic heterocycles. The Morgan fingerprint density at radius 2 is 1.95 bits per heavy atom. The highest BCUT2D eigenvalue weighted by molar-refractivity contribution is 6.30. The van der Waals surface area contributed by atoms with Crippen LogP contribution >= 0.6 is 11.6 Å². The van der Waals surface area contributed by atoms with Crippen molar-refractivity contribution in [3.05, 3.63) is 34.9 Å². The molecule has 1 aromatic rings. The zero-order chi connectivity index (χ0) is 14.4. The molecule has 1 fully saturated rings. The molecular weight excluding hydrogens is 274 g/mol. The Hall–Kier alpha value is -0.610. The molecule has 1 aliphatic rings. The molecule has 2 rings (SSSR count). The van der Waals surface area contributed by atoms with Gasteiger partial charge in [0, 0.05) is 17.6 Å². The van der Waals surface area contributed by atoms with E-state index in [9.17, 15) is 5.11 Å². The van der Waals surface area contributed by atoms with Gasteiger partial charge < -0.3 is 15.2 Å². The maximum Gasteiger partial charge on any atom is 0.0898 e. The van der Waals surface area contributed by atoms with Crippen LogP contribution in [0.15, 0.2) is 24.3 Å². The zero-order valence-electron chi connectivity index (χ0n) is 12.0. The molecule has 2 atom stereocenters. The van der Waals surface area contributed by atoms with Crippen molar-refractivity contribution in [3.8, 4) is 0 Å². The van der Waals surface area contributed by atoms with Crippen molar-refractivity contribution in [2.24, 2.45) is 0 Å². The number of ether oxygens (including phenoxy) is 1. The van der Waals surface area contributed by atoms with Crippen LogP contribution in [0.25, 0.3) is 0 Å². The average Bonchev–Trinajstić information content (AvgIpc) is 2.96. The third-order valence-electron chi connectivity index (χ3n) is 3.86. The van der Waals surface area contributed by atoms with Crippen LogP contribution in [-0.2, 0) is 4.74 Å². The highest BCUT2D eigenvalue weighted by Crippen LogP contribution is 2.21. The molecule has 20 heavy (non-hydrogen) atoms. The number of hydrogen-bond donors (Lipinski definition) is 2. The van der Waals surface area contributed by atoms with Crippen LogP contribution in [-0.4, -0.2) is 30.5 Å². The van der Waals surface area contributed by atoms with Crippen LogP contribution < -0.4 is 5.32 Å². The smallest absolute Gasteiger partial charge is 0.0898 e. The molecule has 0 radical (unpaired) electrons. The monoisotopic (exact) mass is 297 g/mol. The van der Waals surface area contributed by atoms with Crippen LogP contribution in [0, 0.1) is 0 Å². The molecule has 0 saturated heterocycles. The van der Waals surface area contributed by atoms with Crippen LogP contribution in [0.5, 0.6) is 0 Å². The maximum atomic E-state index is 9.94. The van der Waals surface area contributed by atoms with E-state index in [-0.39, 0.29) is 6.04 Å². The fraction of sp³-hybridized carbons (Fsp3) is 0.625. The minimum atomic E-state index is -0.453. The van der Waals surface area contributed by atoms with Crippen molar-refractivity contribution in [1.29, 1.82) is 0 Å². The summed E-state index contributed by atoms with van der Waals surface area (Å²) in [5.74, 6) is 0. The molecule has 112 valence electrons. The molecule has 1 saturated carbocycles. The quantitative estimate of drug-likeness (QED) is 0.811. The molecule has 4 heteroatoms. The predicted octanol–water partition coefficient (Wildman–Crippen LogP) is 3.31. The van der Waals surface area contributed by atoms with E-state index in [1.165, 1.54) is 18.4 Å². The molecule has 1 unspecified atom stereocenters. The third-order valence-corrected chi connectivity index (χ3v) is 4.11. The van der Waals surface area contributed by atoms with Crippen LogP contribution in [0.4, 0.5) is 0 Å². The highest BCUT2D eigenvalue weighted by Gasteiger charge is 2.17. The first-order valence-corrected chi connectivity index (χ1v) is 7.81. The first kappa shape index (κ1) is 15.8. The predicted molar refractivity (Wildman–Crippen MR) is 82.1 cm³/mol. The summed E-state index contributed by atoms with van der Waals surface area (Å²) in [5.41, 5.74) is 1.17. The Labute approximate surface area is 126 Å². The molecular formula is C16H24ClNO2. The van der Waals surface area contributed by atoms with Crippen LogP contribution in [0.3, 0.4) is 0 Å². The lowest BCUT2D eigenvalue weighted by Crippen LogP contribution is -2.33. The average molecular weight is 298 g/mol. The van der Waals surface area contributed by atoms with Crippen molar-refractivity contribution >= 4 is 11.6 Å². The maximum absolute atomic E-state index is 9.94. The second-order valence-corrected chi connectivity index (χ2v) is 6.01. The Morgan fingerprint density at radius 1 is 1.30 bits per heavy atom.